The van der Waals surface area contributed by atoms with Gasteiger partial charge in [0.25, 0.3) is 5.91 Å². The van der Waals surface area contributed by atoms with Gasteiger partial charge in [0, 0.05) is 37.4 Å². The fourth-order valence-electron chi connectivity index (χ4n) is 3.21. The molecule has 0 aromatic carbocycles. The molecule has 2 aromatic rings. The first-order valence-corrected chi connectivity index (χ1v) is 9.64. The Morgan fingerprint density at radius 1 is 1.35 bits per heavy atom. The van der Waals surface area contributed by atoms with Gasteiger partial charge >= 0.3 is 0 Å². The van der Waals surface area contributed by atoms with Crippen molar-refractivity contribution in [1.29, 1.82) is 0 Å². The molecule has 0 saturated carbocycles. The molecule has 2 aromatic heterocycles. The van der Waals surface area contributed by atoms with Crippen molar-refractivity contribution in [3.8, 4) is 0 Å². The number of thiazole rings is 1. The van der Waals surface area contributed by atoms with Gasteiger partial charge in [-0.15, -0.1) is 11.3 Å². The summed E-state index contributed by atoms with van der Waals surface area (Å²) in [4.78, 5) is 38.9. The summed E-state index contributed by atoms with van der Waals surface area (Å²) in [6.45, 7) is 5.00. The number of hydrogen-bond donors (Lipinski definition) is 0. The number of aryl methyl sites for hydroxylation is 2. The van der Waals surface area contributed by atoms with E-state index in [9.17, 15) is 9.59 Å². The van der Waals surface area contributed by atoms with E-state index in [0.717, 1.165) is 27.7 Å². The van der Waals surface area contributed by atoms with Crippen LogP contribution in [0.5, 0.6) is 0 Å². The van der Waals surface area contributed by atoms with Crippen LogP contribution in [0.4, 0.5) is 0 Å². The number of fused-ring (bicyclic) bond motifs is 1. The standard InChI is InChI=1S/C19H24N4O2S/c1-5-14-7-6-13(10-20-14)18(24)23-9-8-15(19(25)22(3)4)17-16(11-23)26-12(2)21-17/h6-7,10,15H,5,8-9,11H2,1-4H3. The number of amides is 2. The SMILES string of the molecule is CCc1ccc(C(=O)N2CCC(C(=O)N(C)C)c3nc(C)sc3C2)cn1. The van der Waals surface area contributed by atoms with Gasteiger partial charge in [0.1, 0.15) is 0 Å². The number of nitrogens with zero attached hydrogens (tertiary/aromatic N) is 4. The van der Waals surface area contributed by atoms with Crippen LogP contribution >= 0.6 is 11.3 Å². The first kappa shape index (κ1) is 18.5. The molecule has 0 aliphatic carbocycles. The topological polar surface area (TPSA) is 66.4 Å². The Labute approximate surface area is 157 Å². The summed E-state index contributed by atoms with van der Waals surface area (Å²) in [5.74, 6) is -0.293. The van der Waals surface area contributed by atoms with Crippen LogP contribution < -0.4 is 0 Å². The van der Waals surface area contributed by atoms with Crippen molar-refractivity contribution in [3.05, 3.63) is 45.2 Å². The zero-order valence-corrected chi connectivity index (χ0v) is 16.5. The Morgan fingerprint density at radius 2 is 2.12 bits per heavy atom. The van der Waals surface area contributed by atoms with Crippen LogP contribution in [0.25, 0.3) is 0 Å². The number of hydrogen-bond acceptors (Lipinski definition) is 5. The molecule has 6 nitrogen and oxygen atoms in total. The van der Waals surface area contributed by atoms with E-state index in [4.69, 9.17) is 0 Å². The van der Waals surface area contributed by atoms with Crippen molar-refractivity contribution in [2.24, 2.45) is 0 Å². The lowest BCUT2D eigenvalue weighted by Crippen LogP contribution is -2.32. The molecule has 1 aliphatic rings. The van der Waals surface area contributed by atoms with Gasteiger partial charge in [-0.25, -0.2) is 4.98 Å². The minimum Gasteiger partial charge on any atom is -0.348 e. The predicted octanol–water partition coefficient (Wildman–Crippen LogP) is 2.63. The highest BCUT2D eigenvalue weighted by molar-refractivity contribution is 7.11. The Kier molecular flexibility index (Phi) is 5.36. The molecule has 0 saturated heterocycles. The van der Waals surface area contributed by atoms with Gasteiger partial charge in [-0.3, -0.25) is 14.6 Å². The van der Waals surface area contributed by atoms with E-state index in [2.05, 4.69) is 9.97 Å². The molecule has 3 rings (SSSR count). The molecule has 0 radical (unpaired) electrons. The third kappa shape index (κ3) is 3.62. The average molecular weight is 372 g/mol. The number of carbonyl (C=O) groups is 2. The summed E-state index contributed by atoms with van der Waals surface area (Å²) in [7, 11) is 3.52. The maximum absolute atomic E-state index is 13.0. The van der Waals surface area contributed by atoms with Gasteiger partial charge < -0.3 is 9.80 Å². The van der Waals surface area contributed by atoms with Gasteiger partial charge in [-0.1, -0.05) is 6.92 Å². The highest BCUT2D eigenvalue weighted by atomic mass is 32.1. The van der Waals surface area contributed by atoms with Crippen molar-refractivity contribution in [2.45, 2.75) is 39.2 Å². The van der Waals surface area contributed by atoms with E-state index in [1.165, 1.54) is 0 Å². The second kappa shape index (κ2) is 7.53. The normalized spacial score (nSPS) is 16.8. The summed E-state index contributed by atoms with van der Waals surface area (Å²) in [6, 6.07) is 3.73. The van der Waals surface area contributed by atoms with Crippen LogP contribution in [0.3, 0.4) is 0 Å². The van der Waals surface area contributed by atoms with Crippen LogP contribution in [-0.2, 0) is 17.8 Å². The summed E-state index contributed by atoms with van der Waals surface area (Å²) in [5, 5.41) is 0.926. The van der Waals surface area contributed by atoms with Crippen molar-refractivity contribution in [3.63, 3.8) is 0 Å². The first-order chi connectivity index (χ1) is 12.4. The largest absolute Gasteiger partial charge is 0.348 e. The molecule has 1 unspecified atom stereocenters. The maximum Gasteiger partial charge on any atom is 0.255 e. The maximum atomic E-state index is 13.0. The Bertz CT molecular complexity index is 813. The summed E-state index contributed by atoms with van der Waals surface area (Å²) in [5.41, 5.74) is 2.39. The number of likely N-dealkylation sites (N-methyl/N-ethyl adjacent to an activating group) is 1. The second-order valence-electron chi connectivity index (χ2n) is 6.73. The molecule has 26 heavy (non-hydrogen) atoms. The van der Waals surface area contributed by atoms with Gasteiger partial charge in [0.15, 0.2) is 0 Å². The fourth-order valence-corrected chi connectivity index (χ4v) is 4.23. The molecule has 1 atom stereocenters. The molecule has 3 heterocycles. The van der Waals surface area contributed by atoms with Crippen molar-refractivity contribution < 1.29 is 9.59 Å². The third-order valence-electron chi connectivity index (χ3n) is 4.65. The second-order valence-corrected chi connectivity index (χ2v) is 8.02. The van der Waals surface area contributed by atoms with E-state index in [0.29, 0.717) is 25.1 Å². The molecular weight excluding hydrogens is 348 g/mol. The van der Waals surface area contributed by atoms with Crippen molar-refractivity contribution in [2.75, 3.05) is 20.6 Å². The van der Waals surface area contributed by atoms with Gasteiger partial charge in [-0.05, 0) is 31.9 Å². The number of pyridine rings is 1. The lowest BCUT2D eigenvalue weighted by molar-refractivity contribution is -0.130. The Morgan fingerprint density at radius 3 is 2.73 bits per heavy atom. The number of rotatable bonds is 3. The Hall–Kier alpha value is -2.28. The van der Waals surface area contributed by atoms with Crippen LogP contribution in [-0.4, -0.2) is 52.2 Å². The van der Waals surface area contributed by atoms with Gasteiger partial charge in [0.05, 0.1) is 28.7 Å². The zero-order valence-electron chi connectivity index (χ0n) is 15.7. The third-order valence-corrected chi connectivity index (χ3v) is 5.62. The smallest absolute Gasteiger partial charge is 0.255 e. The van der Waals surface area contributed by atoms with Crippen LogP contribution in [0, 0.1) is 6.92 Å². The summed E-state index contributed by atoms with van der Waals surface area (Å²) < 4.78 is 0. The van der Waals surface area contributed by atoms with Crippen LogP contribution in [0.15, 0.2) is 18.3 Å². The van der Waals surface area contributed by atoms with Crippen LogP contribution in [0.1, 0.15) is 50.9 Å². The summed E-state index contributed by atoms with van der Waals surface area (Å²) >= 11 is 1.57. The molecule has 0 N–H and O–H groups in total. The molecule has 0 bridgehead atoms. The van der Waals surface area contributed by atoms with E-state index in [1.54, 1.807) is 36.5 Å². The predicted molar refractivity (Wildman–Crippen MR) is 101 cm³/mol. The highest BCUT2D eigenvalue weighted by Gasteiger charge is 2.33. The minimum atomic E-state index is -0.289. The molecule has 7 heteroatoms. The van der Waals surface area contributed by atoms with Crippen molar-refractivity contribution >= 4 is 23.2 Å². The first-order valence-electron chi connectivity index (χ1n) is 8.82. The monoisotopic (exact) mass is 372 g/mol. The quantitative estimate of drug-likeness (QED) is 0.831. The molecule has 0 spiro atoms. The molecule has 0 fully saturated rings. The molecule has 138 valence electrons. The van der Waals surface area contributed by atoms with Crippen molar-refractivity contribution in [1.82, 2.24) is 19.8 Å². The average Bonchev–Trinajstić information content (AvgIpc) is 2.90. The Balaban J connectivity index is 1.88. The number of aromatic nitrogens is 2. The fraction of sp³-hybridized carbons (Fsp3) is 0.474. The van der Waals surface area contributed by atoms with Gasteiger partial charge in [-0.2, -0.15) is 0 Å². The van der Waals surface area contributed by atoms with Crippen LogP contribution in [0.2, 0.25) is 0 Å². The molecular formula is C19H24N4O2S. The lowest BCUT2D eigenvalue weighted by Gasteiger charge is -2.21. The number of carbonyl (C=O) groups excluding carboxylic acids is 2. The molecule has 2 amide bonds. The van der Waals surface area contributed by atoms with E-state index >= 15 is 0 Å². The molecule has 1 aliphatic heterocycles. The summed E-state index contributed by atoms with van der Waals surface area (Å²) in [6.07, 6.45) is 3.07. The lowest BCUT2D eigenvalue weighted by atomic mass is 10.00. The van der Waals surface area contributed by atoms with E-state index in [1.807, 2.05) is 30.9 Å². The minimum absolute atomic E-state index is 0.0415. The van der Waals surface area contributed by atoms with E-state index < -0.39 is 0 Å². The van der Waals surface area contributed by atoms with Gasteiger partial charge in [0.2, 0.25) is 5.91 Å². The van der Waals surface area contributed by atoms with E-state index in [-0.39, 0.29) is 17.7 Å². The zero-order chi connectivity index (χ0) is 18.8. The highest BCUT2D eigenvalue weighted by Crippen LogP contribution is 2.33.